The minimum absolute atomic E-state index is 0.0139. The van der Waals surface area contributed by atoms with Crippen molar-refractivity contribution in [1.29, 1.82) is 0 Å². The summed E-state index contributed by atoms with van der Waals surface area (Å²) < 4.78 is 32.2. The van der Waals surface area contributed by atoms with Crippen LogP contribution in [0.25, 0.3) is 22.2 Å². The first-order valence-corrected chi connectivity index (χ1v) is 9.39. The van der Waals surface area contributed by atoms with E-state index in [0.717, 1.165) is 22.5 Å². The third-order valence-electron chi connectivity index (χ3n) is 5.14. The zero-order valence-electron chi connectivity index (χ0n) is 16.3. The number of H-pyrrole nitrogens is 1. The van der Waals surface area contributed by atoms with Gasteiger partial charge in [-0.25, -0.2) is 23.5 Å². The normalized spacial score (nSPS) is 13.3. The fourth-order valence-corrected chi connectivity index (χ4v) is 3.58. The predicted molar refractivity (Wildman–Crippen MR) is 108 cm³/mol. The molecule has 0 radical (unpaired) electrons. The van der Waals surface area contributed by atoms with Gasteiger partial charge in [-0.2, -0.15) is 5.10 Å². The highest BCUT2D eigenvalue weighted by Gasteiger charge is 2.25. The van der Waals surface area contributed by atoms with Gasteiger partial charge in [-0.3, -0.25) is 5.10 Å². The van der Waals surface area contributed by atoms with Crippen molar-refractivity contribution >= 4 is 22.6 Å². The van der Waals surface area contributed by atoms with Crippen LogP contribution in [0.2, 0.25) is 0 Å². The Kier molecular flexibility index (Phi) is 4.46. The number of benzene rings is 2. The molecule has 1 aliphatic heterocycles. The Labute approximate surface area is 174 Å². The Morgan fingerprint density at radius 1 is 1.16 bits per heavy atom. The van der Waals surface area contributed by atoms with E-state index in [1.54, 1.807) is 18.5 Å². The fraction of sp³-hybridized carbons (Fsp3) is 0.143. The molecular weight excluding hydrogens is 406 g/mol. The standard InChI is InChI=1S/C21H16F2N6O2/c1-31-20-24-7-13(8-25-20)19-15-4-12-10-29(9-11-2-3-14(22)5-16(11)23)21(30)26-17(12)6-18(15)27-28-19/h2-8H,9-10H2,1H3,(H,26,30)(H,27,28). The number of ether oxygens (including phenoxy) is 1. The maximum absolute atomic E-state index is 14.1. The summed E-state index contributed by atoms with van der Waals surface area (Å²) in [6, 6.07) is 6.94. The first-order valence-electron chi connectivity index (χ1n) is 9.39. The number of nitrogens with one attached hydrogen (secondary N) is 2. The molecule has 31 heavy (non-hydrogen) atoms. The Hall–Kier alpha value is -4.08. The van der Waals surface area contributed by atoms with Gasteiger partial charge >= 0.3 is 12.0 Å². The number of amides is 2. The third-order valence-corrected chi connectivity index (χ3v) is 5.14. The molecule has 0 spiro atoms. The van der Waals surface area contributed by atoms with Crippen LogP contribution in [0.5, 0.6) is 6.01 Å². The van der Waals surface area contributed by atoms with Crippen molar-refractivity contribution in [1.82, 2.24) is 25.1 Å². The average molecular weight is 422 g/mol. The van der Waals surface area contributed by atoms with Crippen LogP contribution < -0.4 is 10.1 Å². The minimum atomic E-state index is -0.689. The van der Waals surface area contributed by atoms with Crippen LogP contribution in [0.1, 0.15) is 11.1 Å². The van der Waals surface area contributed by atoms with Gasteiger partial charge in [0.25, 0.3) is 0 Å². The highest BCUT2D eigenvalue weighted by atomic mass is 19.1. The molecule has 4 aromatic rings. The number of carbonyl (C=O) groups excluding carboxylic acids is 1. The Morgan fingerprint density at radius 2 is 1.97 bits per heavy atom. The second-order valence-corrected chi connectivity index (χ2v) is 7.11. The smallest absolute Gasteiger partial charge is 0.322 e. The molecule has 2 amide bonds. The van der Waals surface area contributed by atoms with Crippen molar-refractivity contribution < 1.29 is 18.3 Å². The van der Waals surface area contributed by atoms with Gasteiger partial charge in [0.15, 0.2) is 0 Å². The van der Waals surface area contributed by atoms with Gasteiger partial charge in [-0.05, 0) is 23.8 Å². The summed E-state index contributed by atoms with van der Waals surface area (Å²) in [5.41, 5.74) is 3.83. The number of rotatable bonds is 4. The molecule has 0 atom stereocenters. The van der Waals surface area contributed by atoms with E-state index < -0.39 is 11.6 Å². The molecule has 0 bridgehead atoms. The summed E-state index contributed by atoms with van der Waals surface area (Å²) in [6.07, 6.45) is 3.23. The predicted octanol–water partition coefficient (Wildman–Crippen LogP) is 3.85. The van der Waals surface area contributed by atoms with Crippen LogP contribution in [0, 0.1) is 11.6 Å². The molecule has 0 fully saturated rings. The number of fused-ring (bicyclic) bond motifs is 2. The minimum Gasteiger partial charge on any atom is -0.467 e. The van der Waals surface area contributed by atoms with Crippen molar-refractivity contribution in [3.63, 3.8) is 0 Å². The van der Waals surface area contributed by atoms with E-state index in [-0.39, 0.29) is 30.7 Å². The van der Waals surface area contributed by atoms with Gasteiger partial charge in [0.2, 0.25) is 0 Å². The Balaban J connectivity index is 1.48. The molecule has 2 N–H and O–H groups in total. The number of nitrogens with zero attached hydrogens (tertiary/aromatic N) is 4. The van der Waals surface area contributed by atoms with E-state index in [1.807, 2.05) is 6.07 Å². The molecule has 10 heteroatoms. The molecule has 2 aromatic carbocycles. The maximum atomic E-state index is 14.1. The van der Waals surface area contributed by atoms with Crippen LogP contribution in [-0.4, -0.2) is 38.2 Å². The zero-order chi connectivity index (χ0) is 21.5. The van der Waals surface area contributed by atoms with Gasteiger partial charge in [0.1, 0.15) is 17.3 Å². The molecule has 0 saturated heterocycles. The van der Waals surface area contributed by atoms with Crippen LogP contribution in [0.15, 0.2) is 42.7 Å². The highest BCUT2D eigenvalue weighted by molar-refractivity contribution is 5.99. The molecule has 0 aliphatic carbocycles. The summed E-state index contributed by atoms with van der Waals surface area (Å²) in [6.45, 7) is 0.275. The molecule has 3 heterocycles. The van der Waals surface area contributed by atoms with Gasteiger partial charge in [-0.15, -0.1) is 0 Å². The number of halogens is 2. The average Bonchev–Trinajstić information content (AvgIpc) is 3.17. The molecule has 5 rings (SSSR count). The second kappa shape index (κ2) is 7.31. The Morgan fingerprint density at radius 3 is 2.71 bits per heavy atom. The van der Waals surface area contributed by atoms with Crippen molar-refractivity contribution in [2.24, 2.45) is 0 Å². The van der Waals surface area contributed by atoms with Crippen molar-refractivity contribution in [2.75, 3.05) is 12.4 Å². The SMILES string of the molecule is COc1ncc(-c2n[nH]c3cc4c(cc23)CN(Cc2ccc(F)cc2F)C(=O)N4)cn1. The van der Waals surface area contributed by atoms with E-state index in [1.165, 1.54) is 24.1 Å². The van der Waals surface area contributed by atoms with Crippen LogP contribution in [0.4, 0.5) is 19.3 Å². The van der Waals surface area contributed by atoms with E-state index >= 15 is 0 Å². The van der Waals surface area contributed by atoms with Crippen molar-refractivity contribution in [3.05, 3.63) is 65.5 Å². The van der Waals surface area contributed by atoms with Crippen LogP contribution in [0.3, 0.4) is 0 Å². The number of hydrogen-bond acceptors (Lipinski definition) is 5. The molecule has 1 aliphatic rings. The van der Waals surface area contributed by atoms with Crippen molar-refractivity contribution in [3.8, 4) is 17.3 Å². The van der Waals surface area contributed by atoms with Gasteiger partial charge in [0, 0.05) is 47.2 Å². The lowest BCUT2D eigenvalue weighted by Crippen LogP contribution is -2.38. The van der Waals surface area contributed by atoms with E-state index in [9.17, 15) is 13.6 Å². The van der Waals surface area contributed by atoms with Gasteiger partial charge in [-0.1, -0.05) is 6.07 Å². The number of aromatic amines is 1. The molecular formula is C21H16F2N6O2. The molecule has 8 nitrogen and oxygen atoms in total. The van der Waals surface area contributed by atoms with E-state index in [0.29, 0.717) is 16.9 Å². The summed E-state index contributed by atoms with van der Waals surface area (Å²) in [7, 11) is 1.49. The quantitative estimate of drug-likeness (QED) is 0.521. The fourth-order valence-electron chi connectivity index (χ4n) is 3.58. The first kappa shape index (κ1) is 18.9. The summed E-state index contributed by atoms with van der Waals surface area (Å²) in [5.74, 6) is -1.35. The maximum Gasteiger partial charge on any atom is 0.322 e. The third kappa shape index (κ3) is 3.41. The highest BCUT2D eigenvalue weighted by Crippen LogP contribution is 2.33. The number of anilines is 1. The number of hydrogen-bond donors (Lipinski definition) is 2. The van der Waals surface area contributed by atoms with Gasteiger partial charge < -0.3 is 15.0 Å². The van der Waals surface area contributed by atoms with Crippen LogP contribution in [-0.2, 0) is 13.1 Å². The largest absolute Gasteiger partial charge is 0.467 e. The summed E-state index contributed by atoms with van der Waals surface area (Å²) in [4.78, 5) is 22.2. The lowest BCUT2D eigenvalue weighted by molar-refractivity contribution is 0.203. The summed E-state index contributed by atoms with van der Waals surface area (Å²) in [5, 5.41) is 11.0. The van der Waals surface area contributed by atoms with Crippen LogP contribution >= 0.6 is 0 Å². The number of aromatic nitrogens is 4. The zero-order valence-corrected chi connectivity index (χ0v) is 16.3. The first-order chi connectivity index (χ1) is 15.0. The lowest BCUT2D eigenvalue weighted by atomic mass is 10.0. The molecule has 0 unspecified atom stereocenters. The molecule has 156 valence electrons. The number of methoxy groups -OCH3 is 1. The topological polar surface area (TPSA) is 96.0 Å². The number of carbonyl (C=O) groups is 1. The van der Waals surface area contributed by atoms with Gasteiger partial charge in [0.05, 0.1) is 19.2 Å². The second-order valence-electron chi connectivity index (χ2n) is 7.11. The molecule has 2 aromatic heterocycles. The van der Waals surface area contributed by atoms with Crippen molar-refractivity contribution in [2.45, 2.75) is 13.1 Å². The molecule has 0 saturated carbocycles. The Bertz CT molecular complexity index is 1310. The van der Waals surface area contributed by atoms with E-state index in [2.05, 4.69) is 25.5 Å². The lowest BCUT2D eigenvalue weighted by Gasteiger charge is -2.29. The monoisotopic (exact) mass is 422 g/mol. The van der Waals surface area contributed by atoms with E-state index in [4.69, 9.17) is 4.74 Å². The number of urea groups is 1. The summed E-state index contributed by atoms with van der Waals surface area (Å²) >= 11 is 0.